The van der Waals surface area contributed by atoms with E-state index in [4.69, 9.17) is 9.84 Å². The Morgan fingerprint density at radius 3 is 2.87 bits per heavy atom. The number of amides is 1. The van der Waals surface area contributed by atoms with Crippen LogP contribution in [0.1, 0.15) is 29.5 Å². The monoisotopic (exact) mass is 309 g/mol. The van der Waals surface area contributed by atoms with E-state index >= 15 is 0 Å². The van der Waals surface area contributed by atoms with Gasteiger partial charge in [0.25, 0.3) is 0 Å². The molecule has 2 atom stereocenters. The first-order valence-electron chi connectivity index (χ1n) is 7.97. The molecule has 4 rings (SSSR count). The Morgan fingerprint density at radius 1 is 1.26 bits per heavy atom. The first-order valence-corrected chi connectivity index (χ1v) is 7.97. The Kier molecular flexibility index (Phi) is 3.26. The van der Waals surface area contributed by atoms with Crippen LogP contribution in [-0.2, 0) is 18.4 Å². The molecule has 0 aromatic heterocycles. The number of hydrogen-bond donors (Lipinski definition) is 2. The largest absolute Gasteiger partial charge is 0.489 e. The topological polar surface area (TPSA) is 58.6 Å². The molecule has 23 heavy (non-hydrogen) atoms. The molecule has 2 aliphatic carbocycles. The van der Waals surface area contributed by atoms with Crippen molar-refractivity contribution in [2.75, 3.05) is 0 Å². The normalized spacial score (nSPS) is 24.3. The molecule has 2 aromatic rings. The number of fused-ring (bicyclic) bond motifs is 2. The molecule has 0 heterocycles. The summed E-state index contributed by atoms with van der Waals surface area (Å²) in [6, 6.07) is 16.4. The molecule has 0 radical (unpaired) electrons. The van der Waals surface area contributed by atoms with E-state index < -0.39 is 6.09 Å². The Labute approximate surface area is 135 Å². The third-order valence-corrected chi connectivity index (χ3v) is 5.07. The summed E-state index contributed by atoms with van der Waals surface area (Å²) in [5, 5.41) is 11.5. The smallest absolute Gasteiger partial charge is 0.404 e. The van der Waals surface area contributed by atoms with E-state index in [-0.39, 0.29) is 11.5 Å². The highest BCUT2D eigenvalue weighted by atomic mass is 16.5. The highest BCUT2D eigenvalue weighted by molar-refractivity contribution is 5.67. The average molecular weight is 309 g/mol. The predicted octanol–water partition coefficient (Wildman–Crippen LogP) is 3.49. The van der Waals surface area contributed by atoms with Gasteiger partial charge in [0.15, 0.2) is 0 Å². The lowest BCUT2D eigenvalue weighted by Gasteiger charge is -2.13. The molecule has 0 saturated heterocycles. The van der Waals surface area contributed by atoms with Crippen molar-refractivity contribution in [1.82, 2.24) is 5.32 Å². The SMILES string of the molecule is O=C(O)NC1CC12CCc1cc(OCc3ccccc3)ccc12. The number of benzene rings is 2. The summed E-state index contributed by atoms with van der Waals surface area (Å²) >= 11 is 0. The number of rotatable bonds is 4. The summed E-state index contributed by atoms with van der Waals surface area (Å²) in [6.07, 6.45) is 2.00. The number of hydrogen-bond acceptors (Lipinski definition) is 2. The molecule has 2 aliphatic rings. The van der Waals surface area contributed by atoms with E-state index in [9.17, 15) is 4.79 Å². The van der Waals surface area contributed by atoms with Crippen LogP contribution in [-0.4, -0.2) is 17.2 Å². The molecule has 2 unspecified atom stereocenters. The number of carboxylic acid groups (broad SMARTS) is 1. The Balaban J connectivity index is 1.47. The van der Waals surface area contributed by atoms with Crippen LogP contribution in [0.15, 0.2) is 48.5 Å². The average Bonchev–Trinajstić information content (AvgIpc) is 3.11. The maximum atomic E-state index is 10.8. The van der Waals surface area contributed by atoms with Gasteiger partial charge in [0.1, 0.15) is 12.4 Å². The zero-order valence-electron chi connectivity index (χ0n) is 12.8. The fourth-order valence-corrected chi connectivity index (χ4v) is 3.80. The van der Waals surface area contributed by atoms with Crippen LogP contribution >= 0.6 is 0 Å². The van der Waals surface area contributed by atoms with Crippen molar-refractivity contribution in [1.29, 1.82) is 0 Å². The van der Waals surface area contributed by atoms with Crippen molar-refractivity contribution in [3.05, 3.63) is 65.2 Å². The third kappa shape index (κ3) is 2.54. The lowest BCUT2D eigenvalue weighted by molar-refractivity contribution is 0.193. The van der Waals surface area contributed by atoms with E-state index in [1.807, 2.05) is 24.3 Å². The van der Waals surface area contributed by atoms with Gasteiger partial charge >= 0.3 is 6.09 Å². The van der Waals surface area contributed by atoms with Crippen LogP contribution in [0.2, 0.25) is 0 Å². The first kappa shape index (κ1) is 14.1. The van der Waals surface area contributed by atoms with Crippen molar-refractivity contribution >= 4 is 6.09 Å². The molecule has 1 spiro atoms. The van der Waals surface area contributed by atoms with Crippen LogP contribution in [0, 0.1) is 0 Å². The van der Waals surface area contributed by atoms with Gasteiger partial charge in [-0.25, -0.2) is 4.79 Å². The van der Waals surface area contributed by atoms with Crippen LogP contribution < -0.4 is 10.1 Å². The lowest BCUT2D eigenvalue weighted by atomic mass is 9.97. The van der Waals surface area contributed by atoms with Crippen molar-refractivity contribution in [2.24, 2.45) is 0 Å². The van der Waals surface area contributed by atoms with Crippen LogP contribution in [0.5, 0.6) is 5.75 Å². The molecule has 1 amide bonds. The van der Waals surface area contributed by atoms with Gasteiger partial charge in [-0.3, -0.25) is 0 Å². The number of carbonyl (C=O) groups is 1. The zero-order valence-corrected chi connectivity index (χ0v) is 12.8. The van der Waals surface area contributed by atoms with Gasteiger partial charge in [-0.2, -0.15) is 0 Å². The highest BCUT2D eigenvalue weighted by Crippen LogP contribution is 2.57. The van der Waals surface area contributed by atoms with E-state index in [1.54, 1.807) is 0 Å². The molecule has 2 N–H and O–H groups in total. The summed E-state index contributed by atoms with van der Waals surface area (Å²) < 4.78 is 5.89. The van der Waals surface area contributed by atoms with E-state index in [0.717, 1.165) is 30.6 Å². The minimum atomic E-state index is -0.928. The molecular formula is C19H19NO3. The second kappa shape index (κ2) is 5.30. The Hall–Kier alpha value is -2.49. The standard InChI is InChI=1S/C19H19NO3/c21-18(22)20-17-11-19(17)9-8-14-10-15(6-7-16(14)19)23-12-13-4-2-1-3-5-13/h1-7,10,17,20H,8-9,11-12H2,(H,21,22). The highest BCUT2D eigenvalue weighted by Gasteiger charge is 2.58. The number of aryl methyl sites for hydroxylation is 1. The summed E-state index contributed by atoms with van der Waals surface area (Å²) in [6.45, 7) is 0.563. The van der Waals surface area contributed by atoms with Gasteiger partial charge in [0.05, 0.1) is 0 Å². The van der Waals surface area contributed by atoms with Crippen molar-refractivity contribution in [2.45, 2.75) is 37.3 Å². The van der Waals surface area contributed by atoms with Crippen LogP contribution in [0.4, 0.5) is 4.79 Å². The fraction of sp³-hybridized carbons (Fsp3) is 0.316. The van der Waals surface area contributed by atoms with Gasteiger partial charge in [-0.05, 0) is 48.1 Å². The number of ether oxygens (including phenoxy) is 1. The molecule has 4 heteroatoms. The summed E-state index contributed by atoms with van der Waals surface area (Å²) in [5.41, 5.74) is 3.78. The van der Waals surface area contributed by atoms with Gasteiger partial charge in [-0.15, -0.1) is 0 Å². The molecule has 4 nitrogen and oxygen atoms in total. The maximum Gasteiger partial charge on any atom is 0.404 e. The third-order valence-electron chi connectivity index (χ3n) is 5.07. The van der Waals surface area contributed by atoms with Crippen LogP contribution in [0.25, 0.3) is 0 Å². The summed E-state index contributed by atoms with van der Waals surface area (Å²) in [4.78, 5) is 10.8. The van der Waals surface area contributed by atoms with Gasteiger partial charge in [0.2, 0.25) is 0 Å². The van der Waals surface area contributed by atoms with Crippen molar-refractivity contribution in [3.63, 3.8) is 0 Å². The summed E-state index contributed by atoms with van der Waals surface area (Å²) in [7, 11) is 0. The Bertz CT molecular complexity index is 744. The predicted molar refractivity (Wildman–Crippen MR) is 86.8 cm³/mol. The van der Waals surface area contributed by atoms with E-state index in [0.29, 0.717) is 6.61 Å². The molecule has 2 aromatic carbocycles. The Morgan fingerprint density at radius 2 is 2.09 bits per heavy atom. The summed E-state index contributed by atoms with van der Waals surface area (Å²) in [5.74, 6) is 0.882. The quantitative estimate of drug-likeness (QED) is 0.909. The minimum absolute atomic E-state index is 0.0334. The van der Waals surface area contributed by atoms with Crippen LogP contribution in [0.3, 0.4) is 0 Å². The second-order valence-corrected chi connectivity index (χ2v) is 6.46. The molecule has 0 bridgehead atoms. The molecule has 0 aliphatic heterocycles. The van der Waals surface area contributed by atoms with Gasteiger partial charge in [-0.1, -0.05) is 36.4 Å². The zero-order chi connectivity index (χ0) is 15.9. The minimum Gasteiger partial charge on any atom is -0.489 e. The molecular weight excluding hydrogens is 290 g/mol. The maximum absolute atomic E-state index is 10.8. The number of nitrogens with one attached hydrogen (secondary N) is 1. The lowest BCUT2D eigenvalue weighted by Crippen LogP contribution is -2.28. The van der Waals surface area contributed by atoms with Gasteiger partial charge < -0.3 is 15.2 Å². The van der Waals surface area contributed by atoms with E-state index in [2.05, 4.69) is 29.6 Å². The molecule has 1 fully saturated rings. The molecule has 1 saturated carbocycles. The molecule has 118 valence electrons. The van der Waals surface area contributed by atoms with E-state index in [1.165, 1.54) is 11.1 Å². The fourth-order valence-electron chi connectivity index (χ4n) is 3.80. The second-order valence-electron chi connectivity index (χ2n) is 6.46. The van der Waals surface area contributed by atoms with Crippen molar-refractivity contribution in [3.8, 4) is 5.75 Å². The van der Waals surface area contributed by atoms with Crippen molar-refractivity contribution < 1.29 is 14.6 Å². The van der Waals surface area contributed by atoms with Gasteiger partial charge in [0, 0.05) is 11.5 Å². The first-order chi connectivity index (χ1) is 11.2.